The normalized spacial score (nSPS) is 11.7. The van der Waals surface area contributed by atoms with Crippen molar-refractivity contribution in [2.45, 2.75) is 6.92 Å². The molecule has 0 aliphatic rings. The van der Waals surface area contributed by atoms with Crippen molar-refractivity contribution in [3.05, 3.63) is 53.3 Å². The van der Waals surface area contributed by atoms with Gasteiger partial charge in [0.1, 0.15) is 11.6 Å². The van der Waals surface area contributed by atoms with Gasteiger partial charge in [-0.25, -0.2) is 4.39 Å². The third kappa shape index (κ3) is 3.18. The van der Waals surface area contributed by atoms with Crippen LogP contribution < -0.4 is 10.6 Å². The largest absolute Gasteiger partial charge is 0.507 e. The van der Waals surface area contributed by atoms with Crippen LogP contribution in [0.4, 0.5) is 4.39 Å². The van der Waals surface area contributed by atoms with Crippen LogP contribution in [0.25, 0.3) is 0 Å². The van der Waals surface area contributed by atoms with Gasteiger partial charge in [-0.2, -0.15) is 0 Å². The van der Waals surface area contributed by atoms with Crippen LogP contribution in [0.2, 0.25) is 0 Å². The molecule has 0 saturated heterocycles. The summed E-state index contributed by atoms with van der Waals surface area (Å²) >= 11 is 0. The zero-order valence-corrected chi connectivity index (χ0v) is 11.8. The first kappa shape index (κ1) is 13.7. The first-order valence-corrected chi connectivity index (χ1v) is 6.89. The van der Waals surface area contributed by atoms with E-state index in [0.717, 1.165) is 21.7 Å². The molecule has 19 heavy (non-hydrogen) atoms. The van der Waals surface area contributed by atoms with E-state index < -0.39 is 0 Å². The number of aromatic hydroxyl groups is 1. The fourth-order valence-corrected chi connectivity index (χ4v) is 3.03. The Labute approximate surface area is 113 Å². The van der Waals surface area contributed by atoms with E-state index in [9.17, 15) is 9.50 Å². The molecule has 0 aliphatic heterocycles. The van der Waals surface area contributed by atoms with Crippen molar-refractivity contribution in [3.63, 3.8) is 0 Å². The third-order valence-corrected chi connectivity index (χ3v) is 4.19. The fraction of sp³-hybridized carbons (Fsp3) is 0.133. The predicted octanol–water partition coefficient (Wildman–Crippen LogP) is 2.52. The van der Waals surface area contributed by atoms with E-state index in [0.29, 0.717) is 5.75 Å². The fourth-order valence-electron chi connectivity index (χ4n) is 1.80. The number of halogens is 1. The van der Waals surface area contributed by atoms with Gasteiger partial charge >= 0.3 is 0 Å². The molecule has 0 radical (unpaired) electrons. The van der Waals surface area contributed by atoms with Crippen LogP contribution in [-0.4, -0.2) is 18.4 Å². The van der Waals surface area contributed by atoms with Gasteiger partial charge < -0.3 is 5.11 Å². The van der Waals surface area contributed by atoms with Gasteiger partial charge in [0.05, 0.1) is 0 Å². The lowest BCUT2D eigenvalue weighted by Crippen LogP contribution is -2.10. The van der Waals surface area contributed by atoms with Gasteiger partial charge in [-0.15, -0.1) is 0 Å². The number of aliphatic imine (C=N–C) groups is 1. The maximum Gasteiger partial charge on any atom is 0.126 e. The molecule has 98 valence electrons. The van der Waals surface area contributed by atoms with Crippen molar-refractivity contribution in [2.75, 3.05) is 7.05 Å². The maximum atomic E-state index is 13.2. The molecule has 1 unspecified atom stereocenters. The number of phenolic OH excluding ortho intramolecular Hbond substituents is 1. The SMILES string of the molecule is C/N=C/c1cc(F)ccc1Pc1cccc(C)c1O. The molecule has 0 aromatic heterocycles. The lowest BCUT2D eigenvalue weighted by atomic mass is 10.2. The zero-order chi connectivity index (χ0) is 13.8. The lowest BCUT2D eigenvalue weighted by molar-refractivity contribution is 0.475. The van der Waals surface area contributed by atoms with E-state index >= 15 is 0 Å². The van der Waals surface area contributed by atoms with Gasteiger partial charge in [0.25, 0.3) is 0 Å². The molecule has 0 fully saturated rings. The summed E-state index contributed by atoms with van der Waals surface area (Å²) in [7, 11) is 1.92. The van der Waals surface area contributed by atoms with E-state index in [1.807, 2.05) is 25.1 Å². The molecular weight excluding hydrogens is 260 g/mol. The summed E-state index contributed by atoms with van der Waals surface area (Å²) in [5, 5.41) is 11.9. The molecule has 0 amide bonds. The minimum absolute atomic E-state index is 0.269. The summed E-state index contributed by atoms with van der Waals surface area (Å²) in [6.07, 6.45) is 1.64. The Morgan fingerprint density at radius 3 is 2.74 bits per heavy atom. The Morgan fingerprint density at radius 1 is 1.21 bits per heavy atom. The summed E-state index contributed by atoms with van der Waals surface area (Å²) < 4.78 is 13.2. The molecular formula is C15H15FNOP. The molecule has 1 N–H and O–H groups in total. The van der Waals surface area contributed by atoms with Crippen LogP contribution in [0.15, 0.2) is 41.4 Å². The first-order chi connectivity index (χ1) is 9.11. The second-order valence-electron chi connectivity index (χ2n) is 4.21. The Balaban J connectivity index is 2.40. The summed E-state index contributed by atoms with van der Waals surface area (Å²) in [5.41, 5.74) is 1.60. The van der Waals surface area contributed by atoms with Crippen molar-refractivity contribution in [1.82, 2.24) is 0 Å². The number of aryl methyl sites for hydroxylation is 1. The Morgan fingerprint density at radius 2 is 2.00 bits per heavy atom. The second kappa shape index (κ2) is 5.94. The van der Waals surface area contributed by atoms with Crippen LogP contribution in [0, 0.1) is 12.7 Å². The Kier molecular flexibility index (Phi) is 4.28. The molecule has 0 bridgehead atoms. The van der Waals surface area contributed by atoms with Crippen molar-refractivity contribution in [1.29, 1.82) is 0 Å². The molecule has 2 rings (SSSR count). The number of benzene rings is 2. The number of nitrogens with zero attached hydrogens (tertiary/aromatic N) is 1. The van der Waals surface area contributed by atoms with Gasteiger partial charge in [0.2, 0.25) is 0 Å². The maximum absolute atomic E-state index is 13.2. The highest BCUT2D eigenvalue weighted by atomic mass is 31.1. The van der Waals surface area contributed by atoms with Gasteiger partial charge in [0, 0.05) is 24.1 Å². The molecule has 2 aromatic carbocycles. The average Bonchev–Trinajstić information content (AvgIpc) is 2.38. The molecule has 0 heterocycles. The molecule has 2 nitrogen and oxygen atoms in total. The lowest BCUT2D eigenvalue weighted by Gasteiger charge is -2.09. The second-order valence-corrected chi connectivity index (χ2v) is 5.54. The van der Waals surface area contributed by atoms with E-state index in [2.05, 4.69) is 4.99 Å². The number of rotatable bonds is 3. The smallest absolute Gasteiger partial charge is 0.126 e. The highest BCUT2D eigenvalue weighted by Crippen LogP contribution is 2.22. The van der Waals surface area contributed by atoms with Crippen molar-refractivity contribution >= 4 is 25.4 Å². The van der Waals surface area contributed by atoms with E-state index in [1.165, 1.54) is 12.1 Å². The average molecular weight is 275 g/mol. The minimum Gasteiger partial charge on any atom is -0.507 e. The van der Waals surface area contributed by atoms with Crippen LogP contribution in [0.1, 0.15) is 11.1 Å². The molecule has 0 spiro atoms. The first-order valence-electron chi connectivity index (χ1n) is 5.89. The van der Waals surface area contributed by atoms with Gasteiger partial charge in [-0.3, -0.25) is 4.99 Å². The van der Waals surface area contributed by atoms with Crippen LogP contribution in [0.3, 0.4) is 0 Å². The van der Waals surface area contributed by atoms with E-state index in [-0.39, 0.29) is 14.4 Å². The van der Waals surface area contributed by atoms with Crippen LogP contribution in [-0.2, 0) is 0 Å². The van der Waals surface area contributed by atoms with Gasteiger partial charge in [0.15, 0.2) is 0 Å². The third-order valence-electron chi connectivity index (χ3n) is 2.79. The molecule has 0 saturated carbocycles. The highest BCUT2D eigenvalue weighted by Gasteiger charge is 2.08. The monoisotopic (exact) mass is 275 g/mol. The van der Waals surface area contributed by atoms with Crippen LogP contribution >= 0.6 is 8.58 Å². The van der Waals surface area contributed by atoms with Crippen LogP contribution in [0.5, 0.6) is 5.75 Å². The van der Waals surface area contributed by atoms with E-state index in [4.69, 9.17) is 0 Å². The quantitative estimate of drug-likeness (QED) is 0.677. The van der Waals surface area contributed by atoms with Gasteiger partial charge in [-0.05, 0) is 29.9 Å². The summed E-state index contributed by atoms with van der Waals surface area (Å²) in [6, 6.07) is 10.3. The zero-order valence-electron chi connectivity index (χ0n) is 10.8. The highest BCUT2D eigenvalue weighted by molar-refractivity contribution is 7.56. The summed E-state index contributed by atoms with van der Waals surface area (Å²) in [4.78, 5) is 3.94. The molecule has 0 aliphatic carbocycles. The molecule has 4 heteroatoms. The number of phenols is 1. The standard InChI is InChI=1S/C15H15FNOP/c1-10-4-3-5-14(15(10)18)19-13-7-6-12(16)8-11(13)9-17-2/h3-9,18-19H,1-2H3/b17-9+. The van der Waals surface area contributed by atoms with Crippen molar-refractivity contribution in [3.8, 4) is 5.75 Å². The van der Waals surface area contributed by atoms with Gasteiger partial charge in [-0.1, -0.05) is 32.8 Å². The number of hydrogen-bond donors (Lipinski definition) is 1. The number of hydrogen-bond acceptors (Lipinski definition) is 2. The number of para-hydroxylation sites is 1. The molecule has 1 atom stereocenters. The molecule has 2 aromatic rings. The van der Waals surface area contributed by atoms with E-state index in [1.54, 1.807) is 19.3 Å². The Hall–Kier alpha value is -1.73. The predicted molar refractivity (Wildman–Crippen MR) is 80.3 cm³/mol. The summed E-state index contributed by atoms with van der Waals surface area (Å²) in [6.45, 7) is 1.86. The Bertz CT molecular complexity index is 626. The van der Waals surface area contributed by atoms with Crippen molar-refractivity contribution in [2.24, 2.45) is 4.99 Å². The van der Waals surface area contributed by atoms with Crippen molar-refractivity contribution < 1.29 is 9.50 Å². The minimum atomic E-state index is -0.281. The topological polar surface area (TPSA) is 32.6 Å². The summed E-state index contributed by atoms with van der Waals surface area (Å²) in [5.74, 6) is 0.0291.